The summed E-state index contributed by atoms with van der Waals surface area (Å²) in [7, 11) is 0. The molecule has 2 amide bonds. The molecule has 130 valence electrons. The normalized spacial score (nSPS) is 13.4. The number of nitrogens with zero attached hydrogens (tertiary/aromatic N) is 1. The quantitative estimate of drug-likeness (QED) is 0.763. The number of anilines is 1. The third kappa shape index (κ3) is 2.72. The van der Waals surface area contributed by atoms with Crippen molar-refractivity contribution in [2.45, 2.75) is 40.5 Å². The second-order valence-corrected chi connectivity index (χ2v) is 6.18. The number of fused-ring (bicyclic) bond motifs is 1. The standard InChI is InChI=1S/C21H23NO3/c1-5-14-9-11-18(25-7-3)15(6-2)19(14)22-20(23)16-10-8-13(4)12-17(16)21(22)24/h8-12H,5-7H2,1-4H3. The minimum atomic E-state index is -0.252. The van der Waals surface area contributed by atoms with Crippen LogP contribution < -0.4 is 9.64 Å². The van der Waals surface area contributed by atoms with Crippen LogP contribution in [0.5, 0.6) is 5.75 Å². The van der Waals surface area contributed by atoms with E-state index in [0.717, 1.165) is 28.9 Å². The molecular formula is C21H23NO3. The van der Waals surface area contributed by atoms with E-state index in [-0.39, 0.29) is 11.8 Å². The van der Waals surface area contributed by atoms with E-state index in [0.29, 0.717) is 29.8 Å². The lowest BCUT2D eigenvalue weighted by atomic mass is 10.0. The zero-order valence-electron chi connectivity index (χ0n) is 15.2. The number of hydrogen-bond acceptors (Lipinski definition) is 3. The average Bonchev–Trinajstić information content (AvgIpc) is 2.85. The SMILES string of the molecule is CCOc1ccc(CC)c(N2C(=O)c3ccc(C)cc3C2=O)c1CC. The van der Waals surface area contributed by atoms with Crippen LogP contribution in [0, 0.1) is 6.92 Å². The van der Waals surface area contributed by atoms with Crippen LogP contribution in [0.1, 0.15) is 58.2 Å². The van der Waals surface area contributed by atoms with Gasteiger partial charge in [0.2, 0.25) is 0 Å². The number of rotatable bonds is 5. The summed E-state index contributed by atoms with van der Waals surface area (Å²) in [5, 5.41) is 0. The average molecular weight is 337 g/mol. The van der Waals surface area contributed by atoms with Gasteiger partial charge in [-0.2, -0.15) is 0 Å². The Balaban J connectivity index is 2.21. The van der Waals surface area contributed by atoms with E-state index in [1.807, 2.05) is 45.9 Å². The number of carbonyl (C=O) groups is 2. The molecule has 0 bridgehead atoms. The molecule has 3 rings (SSSR count). The fraction of sp³-hybridized carbons (Fsp3) is 0.333. The van der Waals surface area contributed by atoms with Gasteiger partial charge in [0.1, 0.15) is 5.75 Å². The highest BCUT2D eigenvalue weighted by Gasteiger charge is 2.39. The molecule has 2 aromatic rings. The number of carbonyl (C=O) groups excluding carboxylic acids is 2. The maximum Gasteiger partial charge on any atom is 0.266 e. The molecule has 0 aromatic heterocycles. The van der Waals surface area contributed by atoms with Gasteiger partial charge in [-0.1, -0.05) is 31.5 Å². The number of aryl methyl sites for hydroxylation is 2. The van der Waals surface area contributed by atoms with Crippen molar-refractivity contribution in [3.05, 3.63) is 58.1 Å². The minimum absolute atomic E-state index is 0.248. The fourth-order valence-electron chi connectivity index (χ4n) is 3.42. The van der Waals surface area contributed by atoms with Crippen LogP contribution >= 0.6 is 0 Å². The molecule has 2 aromatic carbocycles. The van der Waals surface area contributed by atoms with E-state index < -0.39 is 0 Å². The molecule has 1 aliphatic rings. The largest absolute Gasteiger partial charge is 0.494 e. The lowest BCUT2D eigenvalue weighted by Crippen LogP contribution is -2.31. The van der Waals surface area contributed by atoms with E-state index in [4.69, 9.17) is 4.74 Å². The first-order chi connectivity index (χ1) is 12.0. The number of benzene rings is 2. The van der Waals surface area contributed by atoms with Gasteiger partial charge in [-0.25, -0.2) is 4.90 Å². The van der Waals surface area contributed by atoms with Gasteiger partial charge < -0.3 is 4.74 Å². The Kier molecular flexibility index (Phi) is 4.62. The van der Waals surface area contributed by atoms with Crippen LogP contribution in [0.15, 0.2) is 30.3 Å². The molecule has 25 heavy (non-hydrogen) atoms. The van der Waals surface area contributed by atoms with Gasteiger partial charge in [0, 0.05) is 5.56 Å². The van der Waals surface area contributed by atoms with Crippen molar-refractivity contribution >= 4 is 17.5 Å². The topological polar surface area (TPSA) is 46.6 Å². The molecule has 0 saturated heterocycles. The molecule has 1 heterocycles. The number of amides is 2. The second-order valence-electron chi connectivity index (χ2n) is 6.18. The molecule has 4 heteroatoms. The fourth-order valence-corrected chi connectivity index (χ4v) is 3.42. The van der Waals surface area contributed by atoms with E-state index in [1.54, 1.807) is 12.1 Å². The first-order valence-electron chi connectivity index (χ1n) is 8.80. The Bertz CT molecular complexity index is 854. The van der Waals surface area contributed by atoms with Crippen LogP contribution in [0.2, 0.25) is 0 Å². The predicted octanol–water partition coefficient (Wildman–Crippen LogP) is 4.32. The molecule has 4 nitrogen and oxygen atoms in total. The molecule has 0 fully saturated rings. The smallest absolute Gasteiger partial charge is 0.266 e. The summed E-state index contributed by atoms with van der Waals surface area (Å²) in [4.78, 5) is 27.4. The highest BCUT2D eigenvalue weighted by atomic mass is 16.5. The molecule has 0 spiro atoms. The number of hydrogen-bond donors (Lipinski definition) is 0. The van der Waals surface area contributed by atoms with E-state index in [9.17, 15) is 9.59 Å². The van der Waals surface area contributed by atoms with Crippen molar-refractivity contribution in [2.24, 2.45) is 0 Å². The number of ether oxygens (including phenoxy) is 1. The first-order valence-corrected chi connectivity index (χ1v) is 8.80. The van der Waals surface area contributed by atoms with Gasteiger partial charge in [-0.3, -0.25) is 9.59 Å². The van der Waals surface area contributed by atoms with Crippen LogP contribution in [0.3, 0.4) is 0 Å². The predicted molar refractivity (Wildman–Crippen MR) is 98.7 cm³/mol. The molecule has 1 aliphatic heterocycles. The molecule has 0 saturated carbocycles. The van der Waals surface area contributed by atoms with Gasteiger partial charge in [-0.05, 0) is 50.5 Å². The van der Waals surface area contributed by atoms with Crippen molar-refractivity contribution in [3.63, 3.8) is 0 Å². The van der Waals surface area contributed by atoms with E-state index in [1.165, 1.54) is 4.90 Å². The third-order valence-electron chi connectivity index (χ3n) is 4.62. The Morgan fingerprint density at radius 1 is 0.920 bits per heavy atom. The summed E-state index contributed by atoms with van der Waals surface area (Å²) in [6.07, 6.45) is 1.42. The summed E-state index contributed by atoms with van der Waals surface area (Å²) < 4.78 is 5.75. The van der Waals surface area contributed by atoms with Crippen LogP contribution in [-0.2, 0) is 12.8 Å². The summed E-state index contributed by atoms with van der Waals surface area (Å²) in [6.45, 7) is 8.44. The Morgan fingerprint density at radius 2 is 1.64 bits per heavy atom. The Morgan fingerprint density at radius 3 is 2.28 bits per heavy atom. The molecule has 0 atom stereocenters. The lowest BCUT2D eigenvalue weighted by Gasteiger charge is -2.23. The van der Waals surface area contributed by atoms with Crippen LogP contribution in [-0.4, -0.2) is 18.4 Å². The molecule has 0 unspecified atom stereocenters. The number of imide groups is 1. The van der Waals surface area contributed by atoms with Crippen molar-refractivity contribution < 1.29 is 14.3 Å². The van der Waals surface area contributed by atoms with Crippen LogP contribution in [0.25, 0.3) is 0 Å². The summed E-state index contributed by atoms with van der Waals surface area (Å²) in [5.41, 5.74) is 4.51. The molecule has 0 radical (unpaired) electrons. The van der Waals surface area contributed by atoms with Crippen molar-refractivity contribution in [2.75, 3.05) is 11.5 Å². The zero-order valence-corrected chi connectivity index (χ0v) is 15.2. The van der Waals surface area contributed by atoms with Gasteiger partial charge in [0.05, 0.1) is 23.4 Å². The Hall–Kier alpha value is -2.62. The summed E-state index contributed by atoms with van der Waals surface area (Å²) >= 11 is 0. The maximum atomic E-state index is 13.0. The van der Waals surface area contributed by atoms with Gasteiger partial charge in [-0.15, -0.1) is 0 Å². The van der Waals surface area contributed by atoms with Crippen molar-refractivity contribution in [1.82, 2.24) is 0 Å². The first kappa shape index (κ1) is 17.2. The van der Waals surface area contributed by atoms with Gasteiger partial charge in [0.15, 0.2) is 0 Å². The molecule has 0 N–H and O–H groups in total. The van der Waals surface area contributed by atoms with E-state index >= 15 is 0 Å². The maximum absolute atomic E-state index is 13.0. The van der Waals surface area contributed by atoms with Crippen LogP contribution in [0.4, 0.5) is 5.69 Å². The highest BCUT2D eigenvalue weighted by molar-refractivity contribution is 6.35. The van der Waals surface area contributed by atoms with Crippen molar-refractivity contribution in [3.8, 4) is 5.75 Å². The lowest BCUT2D eigenvalue weighted by molar-refractivity contribution is 0.0925. The minimum Gasteiger partial charge on any atom is -0.494 e. The Labute approximate surface area is 148 Å². The zero-order chi connectivity index (χ0) is 18.1. The molecule has 0 aliphatic carbocycles. The molecular weight excluding hydrogens is 314 g/mol. The van der Waals surface area contributed by atoms with Gasteiger partial charge in [0.25, 0.3) is 11.8 Å². The monoisotopic (exact) mass is 337 g/mol. The second kappa shape index (κ2) is 6.71. The third-order valence-corrected chi connectivity index (χ3v) is 4.62. The highest BCUT2D eigenvalue weighted by Crippen LogP contribution is 2.38. The summed E-state index contributed by atoms with van der Waals surface area (Å²) in [5.74, 6) is 0.240. The van der Waals surface area contributed by atoms with Gasteiger partial charge >= 0.3 is 0 Å². The van der Waals surface area contributed by atoms with Crippen molar-refractivity contribution in [1.29, 1.82) is 0 Å². The van der Waals surface area contributed by atoms with E-state index in [2.05, 4.69) is 0 Å². The summed E-state index contributed by atoms with van der Waals surface area (Å²) in [6, 6.07) is 9.29.